The Bertz CT molecular complexity index is 390. The summed E-state index contributed by atoms with van der Waals surface area (Å²) in [5, 5.41) is 2.59. The third-order valence-electron chi connectivity index (χ3n) is 2.60. The third-order valence-corrected chi connectivity index (χ3v) is 2.60. The van der Waals surface area contributed by atoms with E-state index in [4.69, 9.17) is 5.73 Å². The van der Waals surface area contributed by atoms with Gasteiger partial charge in [-0.05, 0) is 25.8 Å². The summed E-state index contributed by atoms with van der Waals surface area (Å²) in [5.41, 5.74) is 6.78. The molecule has 4 heteroatoms. The number of carbonyl (C=O) groups is 2. The second-order valence-electron chi connectivity index (χ2n) is 4.14. The number of rotatable bonds is 5. The van der Waals surface area contributed by atoms with Crippen LogP contribution in [0, 0.1) is 0 Å². The van der Waals surface area contributed by atoms with E-state index in [1.54, 1.807) is 6.92 Å². The fraction of sp³-hybridized carbons (Fsp3) is 0.385. The Morgan fingerprint density at radius 3 is 2.41 bits per heavy atom. The Labute approximate surface area is 101 Å². The Morgan fingerprint density at radius 1 is 1.29 bits per heavy atom. The summed E-state index contributed by atoms with van der Waals surface area (Å²) in [4.78, 5) is 22.7. The van der Waals surface area contributed by atoms with Crippen molar-refractivity contribution in [2.24, 2.45) is 5.73 Å². The van der Waals surface area contributed by atoms with Crippen LogP contribution in [0.4, 0.5) is 0 Å². The molecule has 3 N–H and O–H groups in total. The van der Waals surface area contributed by atoms with Crippen LogP contribution in [0.3, 0.4) is 0 Å². The van der Waals surface area contributed by atoms with E-state index >= 15 is 0 Å². The molecule has 1 aromatic carbocycles. The summed E-state index contributed by atoms with van der Waals surface area (Å²) in [6.45, 7) is 3.09. The van der Waals surface area contributed by atoms with Gasteiger partial charge in [-0.15, -0.1) is 0 Å². The summed E-state index contributed by atoms with van der Waals surface area (Å²) in [5.74, 6) is -0.373. The number of carbonyl (C=O) groups excluding carboxylic acids is 2. The summed E-state index contributed by atoms with van der Waals surface area (Å²) in [6, 6.07) is 8.44. The molecule has 4 nitrogen and oxygen atoms in total. The maximum atomic E-state index is 11.7. The van der Waals surface area contributed by atoms with Crippen LogP contribution in [0.2, 0.25) is 0 Å². The van der Waals surface area contributed by atoms with Crippen molar-refractivity contribution in [3.8, 4) is 0 Å². The number of nitrogens with one attached hydrogen (secondary N) is 1. The predicted octanol–water partition coefficient (Wildman–Crippen LogP) is 0.650. The Morgan fingerprint density at radius 2 is 1.88 bits per heavy atom. The lowest BCUT2D eigenvalue weighted by atomic mass is 10.1. The maximum Gasteiger partial charge on any atom is 0.237 e. The van der Waals surface area contributed by atoms with Gasteiger partial charge >= 0.3 is 0 Å². The van der Waals surface area contributed by atoms with Crippen LogP contribution < -0.4 is 11.1 Å². The first kappa shape index (κ1) is 13.4. The Kier molecular flexibility index (Phi) is 4.84. The molecular formula is C13H18N2O2. The highest BCUT2D eigenvalue weighted by Gasteiger charge is 2.17. The monoisotopic (exact) mass is 234 g/mol. The standard InChI is InChI=1S/C13H18N2O2/c1-9(10(2)16)15-13(17)12(14)8-11-6-4-3-5-7-11/h3-7,9,12H,8,14H2,1-2H3,(H,15,17). The van der Waals surface area contributed by atoms with E-state index in [1.807, 2.05) is 30.3 Å². The molecule has 0 saturated heterocycles. The van der Waals surface area contributed by atoms with Gasteiger partial charge in [0.15, 0.2) is 5.78 Å². The third kappa shape index (κ3) is 4.36. The normalized spacial score (nSPS) is 13.8. The van der Waals surface area contributed by atoms with Crippen LogP contribution >= 0.6 is 0 Å². The van der Waals surface area contributed by atoms with Gasteiger partial charge in [0.1, 0.15) is 0 Å². The zero-order valence-corrected chi connectivity index (χ0v) is 10.1. The lowest BCUT2D eigenvalue weighted by Gasteiger charge is -2.15. The summed E-state index contributed by atoms with van der Waals surface area (Å²) < 4.78 is 0. The number of hydrogen-bond acceptors (Lipinski definition) is 3. The topological polar surface area (TPSA) is 72.2 Å². The fourth-order valence-electron chi connectivity index (χ4n) is 1.38. The summed E-state index contributed by atoms with van der Waals surface area (Å²) in [6.07, 6.45) is 0.470. The molecule has 2 unspecified atom stereocenters. The van der Waals surface area contributed by atoms with Gasteiger partial charge in [-0.1, -0.05) is 30.3 Å². The van der Waals surface area contributed by atoms with E-state index < -0.39 is 12.1 Å². The lowest BCUT2D eigenvalue weighted by Crippen LogP contribution is -2.47. The smallest absolute Gasteiger partial charge is 0.237 e. The van der Waals surface area contributed by atoms with Gasteiger partial charge in [-0.25, -0.2) is 0 Å². The first-order valence-corrected chi connectivity index (χ1v) is 5.61. The molecule has 0 aliphatic heterocycles. The average Bonchev–Trinajstić information content (AvgIpc) is 2.29. The van der Waals surface area contributed by atoms with Crippen molar-refractivity contribution >= 4 is 11.7 Å². The van der Waals surface area contributed by atoms with Gasteiger partial charge < -0.3 is 11.1 Å². The second-order valence-corrected chi connectivity index (χ2v) is 4.14. The quantitative estimate of drug-likeness (QED) is 0.785. The van der Waals surface area contributed by atoms with Gasteiger partial charge in [0, 0.05) is 0 Å². The fourth-order valence-corrected chi connectivity index (χ4v) is 1.38. The van der Waals surface area contributed by atoms with Gasteiger partial charge in [0.05, 0.1) is 12.1 Å². The molecule has 0 fully saturated rings. The van der Waals surface area contributed by atoms with E-state index in [0.29, 0.717) is 6.42 Å². The minimum Gasteiger partial charge on any atom is -0.345 e. The minimum atomic E-state index is -0.626. The van der Waals surface area contributed by atoms with E-state index in [1.165, 1.54) is 6.92 Å². The van der Waals surface area contributed by atoms with Gasteiger partial charge in [0.2, 0.25) is 5.91 Å². The highest BCUT2D eigenvalue weighted by molar-refractivity contribution is 5.89. The van der Waals surface area contributed by atoms with E-state index in [-0.39, 0.29) is 11.7 Å². The molecule has 0 spiro atoms. The molecule has 0 aliphatic rings. The zero-order chi connectivity index (χ0) is 12.8. The van der Waals surface area contributed by atoms with Crippen LogP contribution in [-0.4, -0.2) is 23.8 Å². The van der Waals surface area contributed by atoms with Gasteiger partial charge in [-0.3, -0.25) is 9.59 Å². The van der Waals surface area contributed by atoms with Crippen LogP contribution in [-0.2, 0) is 16.0 Å². The number of benzene rings is 1. The predicted molar refractivity (Wildman–Crippen MR) is 66.4 cm³/mol. The largest absolute Gasteiger partial charge is 0.345 e. The molecular weight excluding hydrogens is 216 g/mol. The maximum absolute atomic E-state index is 11.7. The number of Topliss-reactive ketones (excluding diaryl/α,β-unsaturated/α-hetero) is 1. The number of amides is 1. The zero-order valence-electron chi connectivity index (χ0n) is 10.1. The molecule has 0 bridgehead atoms. The van der Waals surface area contributed by atoms with Gasteiger partial charge in [0.25, 0.3) is 0 Å². The van der Waals surface area contributed by atoms with Crippen LogP contribution in [0.15, 0.2) is 30.3 Å². The van der Waals surface area contributed by atoms with Crippen molar-refractivity contribution in [1.29, 1.82) is 0 Å². The molecule has 0 aromatic heterocycles. The van der Waals surface area contributed by atoms with Crippen LogP contribution in [0.5, 0.6) is 0 Å². The second kappa shape index (κ2) is 6.15. The number of nitrogens with two attached hydrogens (primary N) is 1. The molecule has 0 aliphatic carbocycles. The molecule has 2 atom stereocenters. The molecule has 0 heterocycles. The molecule has 1 aromatic rings. The molecule has 1 amide bonds. The highest BCUT2D eigenvalue weighted by atomic mass is 16.2. The van der Waals surface area contributed by atoms with Gasteiger partial charge in [-0.2, -0.15) is 0 Å². The SMILES string of the molecule is CC(=O)C(C)NC(=O)C(N)Cc1ccccc1. The number of ketones is 1. The minimum absolute atomic E-state index is 0.0785. The molecule has 1 rings (SSSR count). The summed E-state index contributed by atoms with van der Waals surface area (Å²) >= 11 is 0. The van der Waals surface area contributed by atoms with E-state index in [0.717, 1.165) is 5.56 Å². The van der Waals surface area contributed by atoms with Crippen molar-refractivity contribution in [3.63, 3.8) is 0 Å². The Balaban J connectivity index is 2.50. The first-order valence-electron chi connectivity index (χ1n) is 5.61. The first-order chi connectivity index (χ1) is 8.00. The average molecular weight is 234 g/mol. The molecule has 92 valence electrons. The molecule has 0 saturated carbocycles. The molecule has 0 radical (unpaired) electrons. The van der Waals surface area contributed by atoms with Crippen molar-refractivity contribution in [2.75, 3.05) is 0 Å². The van der Waals surface area contributed by atoms with Crippen LogP contribution in [0.1, 0.15) is 19.4 Å². The van der Waals surface area contributed by atoms with Crippen molar-refractivity contribution < 1.29 is 9.59 Å². The lowest BCUT2D eigenvalue weighted by molar-refractivity contribution is -0.127. The van der Waals surface area contributed by atoms with Crippen molar-refractivity contribution in [1.82, 2.24) is 5.32 Å². The number of hydrogen-bond donors (Lipinski definition) is 2. The molecule has 17 heavy (non-hydrogen) atoms. The van der Waals surface area contributed by atoms with Crippen molar-refractivity contribution in [3.05, 3.63) is 35.9 Å². The van der Waals surface area contributed by atoms with E-state index in [9.17, 15) is 9.59 Å². The van der Waals surface area contributed by atoms with Crippen LogP contribution in [0.25, 0.3) is 0 Å². The van der Waals surface area contributed by atoms with Crippen molar-refractivity contribution in [2.45, 2.75) is 32.4 Å². The highest BCUT2D eigenvalue weighted by Crippen LogP contribution is 2.02. The van der Waals surface area contributed by atoms with E-state index in [2.05, 4.69) is 5.32 Å². The Hall–Kier alpha value is -1.68. The summed E-state index contributed by atoms with van der Waals surface area (Å²) in [7, 11) is 0.